The first kappa shape index (κ1) is 13.5. The molecule has 14 heavy (non-hydrogen) atoms. The van der Waals surface area contributed by atoms with Gasteiger partial charge >= 0.3 is 0 Å². The van der Waals surface area contributed by atoms with Crippen molar-refractivity contribution < 1.29 is 14.2 Å². The van der Waals surface area contributed by atoms with Crippen molar-refractivity contribution in [2.75, 3.05) is 6.61 Å². The number of rotatable bonds is 8. The van der Waals surface area contributed by atoms with Crippen LogP contribution < -0.4 is 0 Å². The summed E-state index contributed by atoms with van der Waals surface area (Å²) in [6.07, 6.45) is 1.89. The third kappa shape index (κ3) is 8.08. The molecule has 0 aromatic heterocycles. The van der Waals surface area contributed by atoms with Gasteiger partial charge in [0.25, 0.3) is 0 Å². The second-order valence-corrected chi connectivity index (χ2v) is 3.39. The fourth-order valence-electron chi connectivity index (χ4n) is 0.935. The maximum atomic E-state index is 5.39. The fourth-order valence-corrected chi connectivity index (χ4v) is 0.935. The average molecular weight is 201 g/mol. The highest BCUT2D eigenvalue weighted by Gasteiger charge is 2.10. The summed E-state index contributed by atoms with van der Waals surface area (Å²) in [5, 5.41) is 0. The highest BCUT2D eigenvalue weighted by molar-refractivity contribution is 4.58. The zero-order valence-corrected chi connectivity index (χ0v) is 9.36. The van der Waals surface area contributed by atoms with Crippen LogP contribution in [-0.2, 0) is 14.2 Å². The van der Waals surface area contributed by atoms with E-state index in [4.69, 9.17) is 14.2 Å². The van der Waals surface area contributed by atoms with Crippen LogP contribution in [0.2, 0.25) is 0 Å². The molecule has 0 saturated carbocycles. The third-order valence-corrected chi connectivity index (χ3v) is 1.44. The SMILES string of the molecule is [CH2]C(C)OC(CCOC(C)C)OC=C. The van der Waals surface area contributed by atoms with E-state index in [0.717, 1.165) is 0 Å². The summed E-state index contributed by atoms with van der Waals surface area (Å²) in [4.78, 5) is 0. The first-order valence-electron chi connectivity index (χ1n) is 4.92. The monoisotopic (exact) mass is 201 g/mol. The molecule has 3 nitrogen and oxygen atoms in total. The number of hydrogen-bond acceptors (Lipinski definition) is 3. The Bertz CT molecular complexity index is 143. The predicted molar refractivity (Wildman–Crippen MR) is 56.7 cm³/mol. The van der Waals surface area contributed by atoms with Crippen LogP contribution in [0.3, 0.4) is 0 Å². The molecule has 0 rings (SSSR count). The average Bonchev–Trinajstić information content (AvgIpc) is 2.02. The van der Waals surface area contributed by atoms with Gasteiger partial charge in [-0.2, -0.15) is 0 Å². The molecule has 0 fully saturated rings. The maximum absolute atomic E-state index is 5.39. The van der Waals surface area contributed by atoms with Crippen molar-refractivity contribution in [1.82, 2.24) is 0 Å². The topological polar surface area (TPSA) is 27.7 Å². The maximum Gasteiger partial charge on any atom is 0.201 e. The molecule has 0 aromatic rings. The standard InChI is InChI=1S/C11H21O3/c1-6-12-11(14-10(4)5)7-8-13-9(2)3/h6,9-11H,1,4,7-8H2,2-3,5H3. The van der Waals surface area contributed by atoms with Gasteiger partial charge in [-0.05, 0) is 27.7 Å². The molecule has 1 radical (unpaired) electrons. The van der Waals surface area contributed by atoms with E-state index in [-0.39, 0.29) is 18.5 Å². The molecule has 83 valence electrons. The minimum Gasteiger partial charge on any atom is -0.473 e. The molecule has 0 aromatic carbocycles. The van der Waals surface area contributed by atoms with Crippen molar-refractivity contribution in [1.29, 1.82) is 0 Å². The summed E-state index contributed by atoms with van der Waals surface area (Å²) in [5.41, 5.74) is 0. The smallest absolute Gasteiger partial charge is 0.201 e. The largest absolute Gasteiger partial charge is 0.473 e. The van der Waals surface area contributed by atoms with E-state index in [1.807, 2.05) is 20.8 Å². The Morgan fingerprint density at radius 2 is 1.93 bits per heavy atom. The molecular weight excluding hydrogens is 180 g/mol. The van der Waals surface area contributed by atoms with E-state index in [1.165, 1.54) is 6.26 Å². The predicted octanol–water partition coefficient (Wildman–Crippen LogP) is 2.53. The summed E-state index contributed by atoms with van der Waals surface area (Å²) in [7, 11) is 0. The van der Waals surface area contributed by atoms with E-state index in [2.05, 4.69) is 13.5 Å². The molecule has 2 unspecified atom stereocenters. The van der Waals surface area contributed by atoms with Crippen LogP contribution in [0, 0.1) is 6.92 Å². The van der Waals surface area contributed by atoms with Crippen LogP contribution in [0.4, 0.5) is 0 Å². The Hall–Kier alpha value is -0.540. The van der Waals surface area contributed by atoms with E-state index >= 15 is 0 Å². The van der Waals surface area contributed by atoms with Crippen molar-refractivity contribution in [3.63, 3.8) is 0 Å². The summed E-state index contributed by atoms with van der Waals surface area (Å²) in [6, 6.07) is 0. The van der Waals surface area contributed by atoms with Crippen molar-refractivity contribution in [2.24, 2.45) is 0 Å². The summed E-state index contributed by atoms with van der Waals surface area (Å²) < 4.78 is 15.9. The Balaban J connectivity index is 3.66. The van der Waals surface area contributed by atoms with Crippen LogP contribution in [0.15, 0.2) is 12.8 Å². The summed E-state index contributed by atoms with van der Waals surface area (Å²) >= 11 is 0. The quantitative estimate of drug-likeness (QED) is 0.446. The second-order valence-electron chi connectivity index (χ2n) is 3.39. The van der Waals surface area contributed by atoms with Crippen molar-refractivity contribution in [3.05, 3.63) is 19.8 Å². The van der Waals surface area contributed by atoms with Crippen LogP contribution in [-0.4, -0.2) is 25.1 Å². The third-order valence-electron chi connectivity index (χ3n) is 1.44. The van der Waals surface area contributed by atoms with Crippen molar-refractivity contribution >= 4 is 0 Å². The van der Waals surface area contributed by atoms with Crippen molar-refractivity contribution in [2.45, 2.75) is 45.7 Å². The fraction of sp³-hybridized carbons (Fsp3) is 0.727. The first-order valence-corrected chi connectivity index (χ1v) is 4.92. The van der Waals surface area contributed by atoms with Gasteiger partial charge in [0.2, 0.25) is 6.29 Å². The highest BCUT2D eigenvalue weighted by atomic mass is 16.7. The van der Waals surface area contributed by atoms with E-state index in [9.17, 15) is 0 Å². The van der Waals surface area contributed by atoms with E-state index < -0.39 is 0 Å². The van der Waals surface area contributed by atoms with Crippen LogP contribution in [0.1, 0.15) is 27.2 Å². The molecule has 3 heteroatoms. The number of hydrogen-bond donors (Lipinski definition) is 0. The van der Waals surface area contributed by atoms with Crippen LogP contribution >= 0.6 is 0 Å². The van der Waals surface area contributed by atoms with Gasteiger partial charge in [-0.1, -0.05) is 6.58 Å². The van der Waals surface area contributed by atoms with Gasteiger partial charge in [0, 0.05) is 6.42 Å². The number of ether oxygens (including phenoxy) is 3. The summed E-state index contributed by atoms with van der Waals surface area (Å²) in [5.74, 6) is 0. The van der Waals surface area contributed by atoms with E-state index in [0.29, 0.717) is 13.0 Å². The Labute approximate surface area is 87.0 Å². The van der Waals surface area contributed by atoms with Gasteiger partial charge in [-0.25, -0.2) is 0 Å². The normalized spacial score (nSPS) is 13.3. The van der Waals surface area contributed by atoms with Crippen LogP contribution in [0.25, 0.3) is 0 Å². The molecule has 0 saturated heterocycles. The van der Waals surface area contributed by atoms with Gasteiger partial charge in [-0.3, -0.25) is 0 Å². The lowest BCUT2D eigenvalue weighted by Crippen LogP contribution is -2.22. The second kappa shape index (κ2) is 7.83. The Morgan fingerprint density at radius 1 is 1.29 bits per heavy atom. The molecule has 0 bridgehead atoms. The van der Waals surface area contributed by atoms with Gasteiger partial charge < -0.3 is 14.2 Å². The lowest BCUT2D eigenvalue weighted by atomic mass is 10.4. The lowest BCUT2D eigenvalue weighted by molar-refractivity contribution is -0.137. The lowest BCUT2D eigenvalue weighted by Gasteiger charge is -2.20. The molecular formula is C11H21O3. The van der Waals surface area contributed by atoms with Gasteiger partial charge in [0.05, 0.1) is 25.1 Å². The minimum atomic E-state index is -0.307. The summed E-state index contributed by atoms with van der Waals surface area (Å²) in [6.45, 7) is 13.7. The minimum absolute atomic E-state index is 0.0981. The van der Waals surface area contributed by atoms with Crippen LogP contribution in [0.5, 0.6) is 0 Å². The first-order chi connectivity index (χ1) is 6.56. The molecule has 0 aliphatic carbocycles. The molecule has 0 aliphatic rings. The molecule has 0 amide bonds. The molecule has 0 aliphatic heterocycles. The zero-order chi connectivity index (χ0) is 11.0. The zero-order valence-electron chi connectivity index (χ0n) is 9.36. The molecule has 2 atom stereocenters. The Kier molecular flexibility index (Phi) is 7.52. The highest BCUT2D eigenvalue weighted by Crippen LogP contribution is 2.06. The molecule has 0 N–H and O–H groups in total. The van der Waals surface area contributed by atoms with Crippen molar-refractivity contribution in [3.8, 4) is 0 Å². The molecule has 0 spiro atoms. The molecule has 0 heterocycles. The van der Waals surface area contributed by atoms with Gasteiger partial charge in [0.1, 0.15) is 0 Å². The van der Waals surface area contributed by atoms with Gasteiger partial charge in [0.15, 0.2) is 0 Å². The van der Waals surface area contributed by atoms with E-state index in [1.54, 1.807) is 0 Å². The van der Waals surface area contributed by atoms with Gasteiger partial charge in [-0.15, -0.1) is 0 Å². The Morgan fingerprint density at radius 3 is 2.36 bits per heavy atom.